The number of ether oxygens (including phenoxy) is 2. The summed E-state index contributed by atoms with van der Waals surface area (Å²) in [6.45, 7) is 8.93. The first-order valence-electron chi connectivity index (χ1n) is 9.14. The predicted octanol–water partition coefficient (Wildman–Crippen LogP) is 2.53. The third-order valence-corrected chi connectivity index (χ3v) is 4.99. The lowest BCUT2D eigenvalue weighted by molar-refractivity contribution is 0.0840. The SMILES string of the molecule is CCc1noc([C@@H](C)N2CCN(Cc3cc(OC)ccc3OC)CC2)n1. The Hall–Kier alpha value is -2.12. The van der Waals surface area contributed by atoms with Crippen LogP contribution in [0.4, 0.5) is 0 Å². The van der Waals surface area contributed by atoms with Crippen LogP contribution in [0, 0.1) is 0 Å². The van der Waals surface area contributed by atoms with Crippen LogP contribution in [0.5, 0.6) is 11.5 Å². The Labute approximate surface area is 154 Å². The van der Waals surface area contributed by atoms with Crippen LogP contribution in [-0.2, 0) is 13.0 Å². The predicted molar refractivity (Wildman–Crippen MR) is 98.5 cm³/mol. The van der Waals surface area contributed by atoms with E-state index in [0.717, 1.165) is 62.0 Å². The Bertz CT molecular complexity index is 711. The molecule has 1 saturated heterocycles. The lowest BCUT2D eigenvalue weighted by atomic mass is 10.1. The van der Waals surface area contributed by atoms with Crippen LogP contribution in [0.3, 0.4) is 0 Å². The second-order valence-electron chi connectivity index (χ2n) is 6.57. The van der Waals surface area contributed by atoms with Crippen LogP contribution in [0.15, 0.2) is 22.7 Å². The molecule has 1 fully saturated rings. The zero-order valence-corrected chi connectivity index (χ0v) is 16.1. The smallest absolute Gasteiger partial charge is 0.243 e. The van der Waals surface area contributed by atoms with Gasteiger partial charge < -0.3 is 14.0 Å². The molecular weight excluding hydrogens is 332 g/mol. The van der Waals surface area contributed by atoms with Crippen LogP contribution in [0.25, 0.3) is 0 Å². The first-order valence-corrected chi connectivity index (χ1v) is 9.14. The number of hydrogen-bond donors (Lipinski definition) is 0. The van der Waals surface area contributed by atoms with E-state index in [1.807, 2.05) is 19.1 Å². The minimum atomic E-state index is 0.149. The van der Waals surface area contributed by atoms with Gasteiger partial charge in [0, 0.05) is 44.7 Å². The van der Waals surface area contributed by atoms with Gasteiger partial charge in [-0.2, -0.15) is 4.98 Å². The highest BCUT2D eigenvalue weighted by atomic mass is 16.5. The van der Waals surface area contributed by atoms with Gasteiger partial charge >= 0.3 is 0 Å². The van der Waals surface area contributed by atoms with Crippen LogP contribution in [0.1, 0.15) is 37.2 Å². The lowest BCUT2D eigenvalue weighted by Crippen LogP contribution is -2.46. The molecule has 1 aliphatic heterocycles. The maximum Gasteiger partial charge on any atom is 0.243 e. The lowest BCUT2D eigenvalue weighted by Gasteiger charge is -2.37. The summed E-state index contributed by atoms with van der Waals surface area (Å²) in [5.41, 5.74) is 1.15. The quantitative estimate of drug-likeness (QED) is 0.752. The molecular formula is C19H28N4O3. The Morgan fingerprint density at radius 2 is 1.92 bits per heavy atom. The molecule has 1 aromatic heterocycles. The monoisotopic (exact) mass is 360 g/mol. The van der Waals surface area contributed by atoms with Crippen LogP contribution in [0.2, 0.25) is 0 Å². The van der Waals surface area contributed by atoms with Crippen molar-refractivity contribution in [3.05, 3.63) is 35.5 Å². The number of aryl methyl sites for hydroxylation is 1. The van der Waals surface area contributed by atoms with E-state index in [9.17, 15) is 0 Å². The van der Waals surface area contributed by atoms with Gasteiger partial charge in [-0.1, -0.05) is 12.1 Å². The number of methoxy groups -OCH3 is 2. The summed E-state index contributed by atoms with van der Waals surface area (Å²) in [5.74, 6) is 3.25. The minimum Gasteiger partial charge on any atom is -0.497 e. The van der Waals surface area contributed by atoms with E-state index in [1.165, 1.54) is 0 Å². The maximum absolute atomic E-state index is 5.50. The van der Waals surface area contributed by atoms with Gasteiger partial charge in [0.2, 0.25) is 5.89 Å². The summed E-state index contributed by atoms with van der Waals surface area (Å²) in [6.07, 6.45) is 0.798. The third kappa shape index (κ3) is 4.16. The molecule has 1 aliphatic rings. The van der Waals surface area contributed by atoms with Crippen molar-refractivity contribution < 1.29 is 14.0 Å². The summed E-state index contributed by atoms with van der Waals surface area (Å²) in [4.78, 5) is 9.30. The van der Waals surface area contributed by atoms with E-state index in [4.69, 9.17) is 14.0 Å². The largest absolute Gasteiger partial charge is 0.497 e. The van der Waals surface area contributed by atoms with Crippen molar-refractivity contribution in [1.82, 2.24) is 19.9 Å². The summed E-state index contributed by atoms with van der Waals surface area (Å²) < 4.78 is 16.2. The molecule has 0 amide bonds. The fourth-order valence-corrected chi connectivity index (χ4v) is 3.29. The highest BCUT2D eigenvalue weighted by Gasteiger charge is 2.26. The average Bonchev–Trinajstić information content (AvgIpc) is 3.17. The van der Waals surface area contributed by atoms with Gasteiger partial charge in [0.05, 0.1) is 20.3 Å². The molecule has 142 valence electrons. The van der Waals surface area contributed by atoms with Crippen molar-refractivity contribution in [3.63, 3.8) is 0 Å². The zero-order valence-electron chi connectivity index (χ0n) is 16.1. The molecule has 0 spiro atoms. The summed E-state index contributed by atoms with van der Waals surface area (Å²) >= 11 is 0. The summed E-state index contributed by atoms with van der Waals surface area (Å²) in [5, 5.41) is 4.01. The van der Waals surface area contributed by atoms with Crippen LogP contribution >= 0.6 is 0 Å². The van der Waals surface area contributed by atoms with Gasteiger partial charge in [0.15, 0.2) is 5.82 Å². The fraction of sp³-hybridized carbons (Fsp3) is 0.579. The molecule has 0 radical (unpaired) electrons. The molecule has 0 N–H and O–H groups in total. The molecule has 0 saturated carbocycles. The minimum absolute atomic E-state index is 0.149. The van der Waals surface area contributed by atoms with Crippen LogP contribution in [-0.4, -0.2) is 60.3 Å². The Balaban J connectivity index is 1.58. The van der Waals surface area contributed by atoms with Crippen molar-refractivity contribution >= 4 is 0 Å². The first kappa shape index (κ1) is 18.7. The standard InChI is InChI=1S/C19H28N4O3/c1-5-18-20-19(26-21-18)14(2)23-10-8-22(9-11-23)13-15-12-16(24-3)6-7-17(15)25-4/h6-7,12,14H,5,8-11,13H2,1-4H3/t14-/m1/s1. The number of rotatable bonds is 7. The molecule has 2 heterocycles. The van der Waals surface area contributed by atoms with Gasteiger partial charge in [0.1, 0.15) is 11.5 Å². The topological polar surface area (TPSA) is 63.9 Å². The van der Waals surface area contributed by atoms with Crippen molar-refractivity contribution in [2.75, 3.05) is 40.4 Å². The summed E-state index contributed by atoms with van der Waals surface area (Å²) in [7, 11) is 3.40. The Kier molecular flexibility index (Phi) is 6.11. The maximum atomic E-state index is 5.50. The summed E-state index contributed by atoms with van der Waals surface area (Å²) in [6, 6.07) is 6.10. The fourth-order valence-electron chi connectivity index (χ4n) is 3.29. The highest BCUT2D eigenvalue weighted by Crippen LogP contribution is 2.26. The molecule has 1 atom stereocenters. The van der Waals surface area contributed by atoms with E-state index in [2.05, 4.69) is 32.9 Å². The molecule has 0 aliphatic carbocycles. The highest BCUT2D eigenvalue weighted by molar-refractivity contribution is 5.40. The molecule has 0 unspecified atom stereocenters. The molecule has 7 heteroatoms. The zero-order chi connectivity index (χ0) is 18.5. The van der Waals surface area contributed by atoms with Gasteiger partial charge in [-0.3, -0.25) is 9.80 Å². The van der Waals surface area contributed by atoms with E-state index >= 15 is 0 Å². The second-order valence-corrected chi connectivity index (χ2v) is 6.57. The number of aromatic nitrogens is 2. The normalized spacial score (nSPS) is 17.2. The van der Waals surface area contributed by atoms with E-state index < -0.39 is 0 Å². The van der Waals surface area contributed by atoms with Crippen molar-refractivity contribution in [2.24, 2.45) is 0 Å². The molecule has 3 rings (SSSR count). The van der Waals surface area contributed by atoms with Gasteiger partial charge in [-0.25, -0.2) is 0 Å². The number of piperazine rings is 1. The second kappa shape index (κ2) is 8.51. The van der Waals surface area contributed by atoms with Crippen molar-refractivity contribution in [2.45, 2.75) is 32.9 Å². The Morgan fingerprint density at radius 1 is 1.15 bits per heavy atom. The third-order valence-electron chi connectivity index (χ3n) is 4.99. The molecule has 26 heavy (non-hydrogen) atoms. The van der Waals surface area contributed by atoms with E-state index in [1.54, 1.807) is 14.2 Å². The molecule has 1 aromatic carbocycles. The van der Waals surface area contributed by atoms with Crippen LogP contribution < -0.4 is 9.47 Å². The molecule has 2 aromatic rings. The van der Waals surface area contributed by atoms with E-state index in [0.29, 0.717) is 5.89 Å². The Morgan fingerprint density at radius 3 is 2.54 bits per heavy atom. The average molecular weight is 360 g/mol. The number of nitrogens with zero attached hydrogens (tertiary/aromatic N) is 4. The van der Waals surface area contributed by atoms with E-state index in [-0.39, 0.29) is 6.04 Å². The van der Waals surface area contributed by atoms with Gasteiger partial charge in [-0.05, 0) is 25.1 Å². The number of hydrogen-bond acceptors (Lipinski definition) is 7. The van der Waals surface area contributed by atoms with Crippen molar-refractivity contribution in [1.29, 1.82) is 0 Å². The molecule has 7 nitrogen and oxygen atoms in total. The number of benzene rings is 1. The molecule has 0 bridgehead atoms. The first-order chi connectivity index (χ1) is 12.6. The van der Waals surface area contributed by atoms with Gasteiger partial charge in [-0.15, -0.1) is 0 Å². The van der Waals surface area contributed by atoms with Gasteiger partial charge in [0.25, 0.3) is 0 Å². The van der Waals surface area contributed by atoms with Crippen molar-refractivity contribution in [3.8, 4) is 11.5 Å².